The predicted molar refractivity (Wildman–Crippen MR) is 50.8 cm³/mol. The Labute approximate surface area is 73.5 Å². The third-order valence-electron chi connectivity index (χ3n) is 2.22. The molecule has 0 aliphatic heterocycles. The summed E-state index contributed by atoms with van der Waals surface area (Å²) in [4.78, 5) is 11.3. The maximum Gasteiger partial charge on any atom is 0.181 e. The number of carbonyl (C=O) groups is 1. The van der Waals surface area contributed by atoms with E-state index in [1.165, 1.54) is 0 Å². The number of ketones is 1. The number of rotatable bonds is 1. The number of carbonyl (C=O) groups excluding carboxylic acids is 1. The lowest BCUT2D eigenvalue weighted by Gasteiger charge is -2.26. The molecule has 0 aromatic carbocycles. The van der Waals surface area contributed by atoms with E-state index in [-0.39, 0.29) is 11.2 Å². The van der Waals surface area contributed by atoms with Gasteiger partial charge in [-0.15, -0.1) is 0 Å². The molecule has 0 atom stereocenters. The molecule has 0 spiro atoms. The highest BCUT2D eigenvalue weighted by atomic mass is 16.1. The summed E-state index contributed by atoms with van der Waals surface area (Å²) in [6.07, 6.45) is 5.41. The third-order valence-corrected chi connectivity index (χ3v) is 2.22. The van der Waals surface area contributed by atoms with Crippen molar-refractivity contribution in [3.63, 3.8) is 0 Å². The average molecular weight is 162 g/mol. The first-order chi connectivity index (χ1) is 5.47. The van der Waals surface area contributed by atoms with E-state index >= 15 is 0 Å². The zero-order chi connectivity index (χ0) is 9.35. The van der Waals surface area contributed by atoms with Gasteiger partial charge in [-0.3, -0.25) is 4.79 Å². The van der Waals surface area contributed by atoms with Gasteiger partial charge in [-0.25, -0.2) is 0 Å². The van der Waals surface area contributed by atoms with Crippen LogP contribution in [-0.2, 0) is 4.79 Å². The minimum absolute atomic E-state index is 0.0419. The van der Waals surface area contributed by atoms with Gasteiger partial charge >= 0.3 is 0 Å². The molecule has 0 aromatic rings. The van der Waals surface area contributed by atoms with Crippen molar-refractivity contribution >= 4 is 5.78 Å². The first-order valence-corrected chi connectivity index (χ1v) is 4.06. The van der Waals surface area contributed by atoms with Crippen LogP contribution in [-0.4, -0.2) is 5.78 Å². The molecule has 0 bridgehead atoms. The molecule has 0 fully saturated rings. The molecular weight excluding hydrogens is 148 g/mol. The van der Waals surface area contributed by atoms with Gasteiger partial charge in [0, 0.05) is 5.41 Å². The maximum atomic E-state index is 11.3. The van der Waals surface area contributed by atoms with Crippen LogP contribution in [0.15, 0.2) is 36.0 Å². The van der Waals surface area contributed by atoms with Crippen molar-refractivity contribution in [1.82, 2.24) is 0 Å². The fraction of sp³-hybridized carbons (Fsp3) is 0.364. The molecule has 0 radical (unpaired) electrons. The van der Waals surface area contributed by atoms with Gasteiger partial charge in [0.15, 0.2) is 5.78 Å². The highest BCUT2D eigenvalue weighted by Crippen LogP contribution is 2.33. The summed E-state index contributed by atoms with van der Waals surface area (Å²) in [5.41, 5.74) is 1.78. The van der Waals surface area contributed by atoms with E-state index in [0.717, 1.165) is 11.1 Å². The molecule has 0 aromatic heterocycles. The molecule has 0 N–H and O–H groups in total. The molecule has 0 heterocycles. The largest absolute Gasteiger partial charge is 0.290 e. The molecule has 1 rings (SSSR count). The summed E-state index contributed by atoms with van der Waals surface area (Å²) in [6.45, 7) is 9.70. The summed E-state index contributed by atoms with van der Waals surface area (Å²) in [5, 5.41) is 0. The van der Waals surface area contributed by atoms with Crippen molar-refractivity contribution in [2.75, 3.05) is 0 Å². The summed E-state index contributed by atoms with van der Waals surface area (Å²) in [5.74, 6) is 0.101. The van der Waals surface area contributed by atoms with Crippen molar-refractivity contribution < 1.29 is 4.79 Å². The molecule has 12 heavy (non-hydrogen) atoms. The van der Waals surface area contributed by atoms with Crippen molar-refractivity contribution in [1.29, 1.82) is 0 Å². The quantitative estimate of drug-likeness (QED) is 0.579. The SMILES string of the molecule is C=CC1=CC(=O)C(C)=CC1(C)C. The lowest BCUT2D eigenvalue weighted by Crippen LogP contribution is -2.18. The molecule has 1 heteroatoms. The first kappa shape index (κ1) is 8.98. The van der Waals surface area contributed by atoms with Gasteiger partial charge in [-0.05, 0) is 24.1 Å². The Morgan fingerprint density at radius 2 is 2.08 bits per heavy atom. The van der Waals surface area contributed by atoms with Crippen LogP contribution >= 0.6 is 0 Å². The van der Waals surface area contributed by atoms with Crippen LogP contribution in [0.25, 0.3) is 0 Å². The third kappa shape index (κ3) is 1.40. The smallest absolute Gasteiger partial charge is 0.181 e. The first-order valence-electron chi connectivity index (χ1n) is 4.06. The number of hydrogen-bond donors (Lipinski definition) is 0. The van der Waals surface area contributed by atoms with Crippen LogP contribution in [0.4, 0.5) is 0 Å². The lowest BCUT2D eigenvalue weighted by atomic mass is 9.78. The Morgan fingerprint density at radius 1 is 1.50 bits per heavy atom. The molecule has 0 saturated carbocycles. The van der Waals surface area contributed by atoms with Crippen molar-refractivity contribution in [2.45, 2.75) is 20.8 Å². The standard InChI is InChI=1S/C11H14O/c1-5-9-6-10(12)8(2)7-11(9,3)4/h5-7H,1H2,2-4H3. The summed E-state index contributed by atoms with van der Waals surface area (Å²) in [6, 6.07) is 0. The molecule has 64 valence electrons. The summed E-state index contributed by atoms with van der Waals surface area (Å²) in [7, 11) is 0. The summed E-state index contributed by atoms with van der Waals surface area (Å²) >= 11 is 0. The lowest BCUT2D eigenvalue weighted by molar-refractivity contribution is -0.111. The Kier molecular flexibility index (Phi) is 2.05. The topological polar surface area (TPSA) is 17.1 Å². The van der Waals surface area contributed by atoms with E-state index in [2.05, 4.69) is 20.4 Å². The van der Waals surface area contributed by atoms with Gasteiger partial charge in [-0.2, -0.15) is 0 Å². The molecule has 0 unspecified atom stereocenters. The molecular formula is C11H14O. The van der Waals surface area contributed by atoms with E-state index in [9.17, 15) is 4.79 Å². The Hall–Kier alpha value is -1.11. The van der Waals surface area contributed by atoms with Gasteiger partial charge in [0.2, 0.25) is 0 Å². The highest BCUT2D eigenvalue weighted by Gasteiger charge is 2.24. The van der Waals surface area contributed by atoms with Crippen molar-refractivity contribution in [3.05, 3.63) is 36.0 Å². The van der Waals surface area contributed by atoms with Gasteiger partial charge in [0.1, 0.15) is 0 Å². The predicted octanol–water partition coefficient (Wildman–Crippen LogP) is 2.65. The number of hydrogen-bond acceptors (Lipinski definition) is 1. The zero-order valence-corrected chi connectivity index (χ0v) is 7.85. The van der Waals surface area contributed by atoms with Gasteiger partial charge in [0.25, 0.3) is 0 Å². The molecule has 1 aliphatic rings. The highest BCUT2D eigenvalue weighted by molar-refractivity contribution is 6.05. The Balaban J connectivity index is 3.14. The van der Waals surface area contributed by atoms with Gasteiger partial charge < -0.3 is 0 Å². The van der Waals surface area contributed by atoms with Gasteiger partial charge in [-0.1, -0.05) is 32.6 Å². The van der Waals surface area contributed by atoms with E-state index < -0.39 is 0 Å². The second kappa shape index (κ2) is 2.74. The fourth-order valence-electron chi connectivity index (χ4n) is 1.46. The van der Waals surface area contributed by atoms with Gasteiger partial charge in [0.05, 0.1) is 0 Å². The van der Waals surface area contributed by atoms with Crippen molar-refractivity contribution in [2.24, 2.45) is 5.41 Å². The van der Waals surface area contributed by atoms with Crippen LogP contribution < -0.4 is 0 Å². The van der Waals surface area contributed by atoms with Crippen LogP contribution in [0.2, 0.25) is 0 Å². The molecule has 0 amide bonds. The van der Waals surface area contributed by atoms with E-state index in [1.807, 2.05) is 13.0 Å². The molecule has 0 saturated heterocycles. The minimum atomic E-state index is -0.0419. The second-order valence-electron chi connectivity index (χ2n) is 3.72. The molecule has 1 aliphatic carbocycles. The maximum absolute atomic E-state index is 11.3. The monoisotopic (exact) mass is 162 g/mol. The van der Waals surface area contributed by atoms with E-state index in [0.29, 0.717) is 0 Å². The average Bonchev–Trinajstić information content (AvgIpc) is 1.96. The van der Waals surface area contributed by atoms with Crippen LogP contribution in [0.5, 0.6) is 0 Å². The van der Waals surface area contributed by atoms with E-state index in [1.54, 1.807) is 12.2 Å². The summed E-state index contributed by atoms with van der Waals surface area (Å²) < 4.78 is 0. The fourth-order valence-corrected chi connectivity index (χ4v) is 1.46. The van der Waals surface area contributed by atoms with E-state index in [4.69, 9.17) is 0 Å². The Bertz CT molecular complexity index is 290. The van der Waals surface area contributed by atoms with Crippen LogP contribution in [0.3, 0.4) is 0 Å². The molecule has 1 nitrogen and oxygen atoms in total. The minimum Gasteiger partial charge on any atom is -0.290 e. The number of allylic oxidation sites excluding steroid dienone is 5. The zero-order valence-electron chi connectivity index (χ0n) is 7.85. The normalized spacial score (nSPS) is 21.4. The Morgan fingerprint density at radius 3 is 2.58 bits per heavy atom. The second-order valence-corrected chi connectivity index (χ2v) is 3.72. The van der Waals surface area contributed by atoms with Crippen LogP contribution in [0.1, 0.15) is 20.8 Å². The van der Waals surface area contributed by atoms with Crippen molar-refractivity contribution in [3.8, 4) is 0 Å². The van der Waals surface area contributed by atoms with Crippen LogP contribution in [0, 0.1) is 5.41 Å².